The topological polar surface area (TPSA) is 19.0 Å². The second-order valence-corrected chi connectivity index (χ2v) is 19.9. The number of ether oxygens (including phenoxy) is 1. The van der Waals surface area contributed by atoms with Crippen molar-refractivity contribution < 1.29 is 4.74 Å². The molecule has 3 aliphatic rings. The van der Waals surface area contributed by atoms with Crippen LogP contribution in [-0.2, 0) is 5.41 Å². The molecule has 68 heavy (non-hydrogen) atoms. The van der Waals surface area contributed by atoms with Gasteiger partial charge < -0.3 is 19.4 Å². The Bertz CT molecular complexity index is 3360. The predicted octanol–water partition coefficient (Wildman–Crippen LogP) is 15.2. The van der Waals surface area contributed by atoms with Crippen LogP contribution >= 0.6 is 0 Å². The van der Waals surface area contributed by atoms with E-state index in [-0.39, 0.29) is 12.1 Å². The van der Waals surface area contributed by atoms with Gasteiger partial charge in [0.1, 0.15) is 11.5 Å². The van der Waals surface area contributed by atoms with Crippen LogP contribution in [0.2, 0.25) is 0 Å². The van der Waals surface area contributed by atoms with Crippen molar-refractivity contribution >= 4 is 74.3 Å². The molecule has 0 fully saturated rings. The van der Waals surface area contributed by atoms with Crippen LogP contribution in [0.4, 0.5) is 51.2 Å². The Labute approximate surface area is 401 Å². The maximum atomic E-state index is 7.26. The molecular formula is C63H54BN3O. The number of anilines is 9. The summed E-state index contributed by atoms with van der Waals surface area (Å²) < 4.78 is 7.26. The summed E-state index contributed by atoms with van der Waals surface area (Å²) in [6.07, 6.45) is 0. The first kappa shape index (κ1) is 41.7. The second-order valence-electron chi connectivity index (χ2n) is 19.9. The van der Waals surface area contributed by atoms with E-state index in [1.54, 1.807) is 0 Å². The highest BCUT2D eigenvalue weighted by Crippen LogP contribution is 2.59. The standard InChI is InChI=1S/C63H54BN3O/c1-39-13-24-45(25-14-39)65(46-26-15-40(2)16-27-46)50-36-56-61-58(37-50)68-57-34-23-44(6)35-53(57)64(61)54-38-55(66(47-28-17-41(3)18-29-47)48-30-19-42(4)20-31-48)60-59(51-11-9-10-12-52(51)63(60,7)8)62(54)67(56)49-32-21-43(5)22-33-49/h9-38H,1-8H3. The number of nitrogens with zero attached hydrogens (tertiary/aromatic N) is 3. The molecule has 4 nitrogen and oxygen atoms in total. The number of benzene rings is 9. The Balaban J connectivity index is 1.23. The van der Waals surface area contributed by atoms with E-state index in [4.69, 9.17) is 4.74 Å². The highest BCUT2D eigenvalue weighted by atomic mass is 16.5. The number of hydrogen-bond acceptors (Lipinski definition) is 4. The quantitative estimate of drug-likeness (QED) is 0.148. The summed E-state index contributed by atoms with van der Waals surface area (Å²) in [4.78, 5) is 7.47. The van der Waals surface area contributed by atoms with Gasteiger partial charge in [0.25, 0.3) is 6.71 Å². The molecule has 2 aliphatic heterocycles. The second kappa shape index (κ2) is 15.7. The van der Waals surface area contributed by atoms with Crippen LogP contribution in [0.3, 0.4) is 0 Å². The van der Waals surface area contributed by atoms with E-state index in [0.29, 0.717) is 0 Å². The van der Waals surface area contributed by atoms with Crippen LogP contribution in [0.5, 0.6) is 11.5 Å². The molecule has 9 aromatic carbocycles. The van der Waals surface area contributed by atoms with Crippen molar-refractivity contribution in [2.24, 2.45) is 0 Å². The summed E-state index contributed by atoms with van der Waals surface area (Å²) in [5, 5.41) is 0. The fourth-order valence-electron chi connectivity index (χ4n) is 11.2. The minimum absolute atomic E-state index is 0.139. The van der Waals surface area contributed by atoms with E-state index in [1.807, 2.05) is 0 Å². The molecule has 0 amide bonds. The molecule has 0 aromatic heterocycles. The molecule has 5 heteroatoms. The summed E-state index contributed by atoms with van der Waals surface area (Å²) in [6, 6.07) is 68.1. The lowest BCUT2D eigenvalue weighted by atomic mass is 9.33. The average Bonchev–Trinajstić information content (AvgIpc) is 3.58. The molecule has 2 heterocycles. The van der Waals surface area contributed by atoms with Gasteiger partial charge in [-0.25, -0.2) is 0 Å². The monoisotopic (exact) mass is 879 g/mol. The van der Waals surface area contributed by atoms with Gasteiger partial charge in [-0.1, -0.05) is 144 Å². The van der Waals surface area contributed by atoms with Gasteiger partial charge >= 0.3 is 0 Å². The molecule has 0 atom stereocenters. The SMILES string of the molecule is Cc1ccc(N(c2ccc(C)cc2)c2cc3c4c(c2)N(c2ccc(C)cc2)c2c(cc(N(c5ccc(C)cc5)c5ccc(C)cc5)c5c2-c2ccccc2C5(C)C)B4c2cc(C)ccc2O3)cc1. The van der Waals surface area contributed by atoms with E-state index in [0.717, 1.165) is 51.3 Å². The molecule has 330 valence electrons. The van der Waals surface area contributed by atoms with Crippen molar-refractivity contribution in [3.63, 3.8) is 0 Å². The van der Waals surface area contributed by atoms with Crippen molar-refractivity contribution in [2.75, 3.05) is 14.7 Å². The summed E-state index contributed by atoms with van der Waals surface area (Å²) in [6.45, 7) is 17.7. The van der Waals surface area contributed by atoms with Gasteiger partial charge in [-0.3, -0.25) is 0 Å². The minimum Gasteiger partial charge on any atom is -0.458 e. The number of aryl methyl sites for hydroxylation is 6. The van der Waals surface area contributed by atoms with Crippen LogP contribution in [0.1, 0.15) is 58.4 Å². The minimum atomic E-state index is -0.353. The zero-order valence-corrected chi connectivity index (χ0v) is 40.1. The Morgan fingerprint density at radius 2 is 0.956 bits per heavy atom. The third kappa shape index (κ3) is 6.59. The number of fused-ring (bicyclic) bond motifs is 8. The first-order chi connectivity index (χ1) is 32.9. The van der Waals surface area contributed by atoms with Crippen LogP contribution in [-0.4, -0.2) is 6.71 Å². The number of hydrogen-bond donors (Lipinski definition) is 0. The number of rotatable bonds is 7. The fraction of sp³-hybridized carbons (Fsp3) is 0.143. The van der Waals surface area contributed by atoms with Crippen LogP contribution < -0.4 is 35.8 Å². The normalized spacial score (nSPS) is 13.5. The molecule has 0 unspecified atom stereocenters. The van der Waals surface area contributed by atoms with Crippen LogP contribution in [0.15, 0.2) is 182 Å². The van der Waals surface area contributed by atoms with Gasteiger partial charge in [-0.2, -0.15) is 0 Å². The van der Waals surface area contributed by atoms with E-state index in [2.05, 4.69) is 252 Å². The van der Waals surface area contributed by atoms with E-state index < -0.39 is 0 Å². The third-order valence-electron chi connectivity index (χ3n) is 14.6. The largest absolute Gasteiger partial charge is 0.458 e. The highest BCUT2D eigenvalue weighted by Gasteiger charge is 2.49. The summed E-state index contributed by atoms with van der Waals surface area (Å²) in [5.74, 6) is 1.75. The van der Waals surface area contributed by atoms with Crippen molar-refractivity contribution in [3.8, 4) is 22.6 Å². The van der Waals surface area contributed by atoms with Gasteiger partial charge in [0.05, 0.1) is 11.4 Å². The molecule has 0 saturated heterocycles. The molecule has 0 radical (unpaired) electrons. The molecule has 12 rings (SSSR count). The first-order valence-electron chi connectivity index (χ1n) is 23.9. The molecule has 1 aliphatic carbocycles. The van der Waals surface area contributed by atoms with Gasteiger partial charge in [-0.15, -0.1) is 0 Å². The zero-order valence-electron chi connectivity index (χ0n) is 40.1. The Kier molecular flexibility index (Phi) is 9.60. The van der Waals surface area contributed by atoms with Crippen molar-refractivity contribution in [1.29, 1.82) is 0 Å². The van der Waals surface area contributed by atoms with Gasteiger partial charge in [0.2, 0.25) is 0 Å². The Morgan fingerprint density at radius 1 is 0.456 bits per heavy atom. The molecule has 0 spiro atoms. The lowest BCUT2D eigenvalue weighted by molar-refractivity contribution is 0.487. The fourth-order valence-corrected chi connectivity index (χ4v) is 11.2. The first-order valence-corrected chi connectivity index (χ1v) is 23.9. The van der Waals surface area contributed by atoms with Crippen molar-refractivity contribution in [3.05, 3.63) is 226 Å². The molecule has 0 bridgehead atoms. The molecular weight excluding hydrogens is 826 g/mol. The van der Waals surface area contributed by atoms with Gasteiger partial charge in [-0.05, 0) is 153 Å². The zero-order chi connectivity index (χ0) is 46.6. The maximum Gasteiger partial charge on any atom is 0.256 e. The third-order valence-corrected chi connectivity index (χ3v) is 14.6. The Morgan fingerprint density at radius 3 is 1.51 bits per heavy atom. The highest BCUT2D eigenvalue weighted by molar-refractivity contribution is 6.99. The molecule has 0 saturated carbocycles. The molecule has 9 aromatic rings. The van der Waals surface area contributed by atoms with Crippen molar-refractivity contribution in [2.45, 2.75) is 60.8 Å². The van der Waals surface area contributed by atoms with E-state index in [1.165, 1.54) is 83.4 Å². The smallest absolute Gasteiger partial charge is 0.256 e. The molecule has 0 N–H and O–H groups in total. The van der Waals surface area contributed by atoms with Crippen LogP contribution in [0, 0.1) is 41.5 Å². The van der Waals surface area contributed by atoms with Gasteiger partial charge in [0.15, 0.2) is 0 Å². The average molecular weight is 880 g/mol. The van der Waals surface area contributed by atoms with E-state index in [9.17, 15) is 0 Å². The summed E-state index contributed by atoms with van der Waals surface area (Å²) >= 11 is 0. The summed E-state index contributed by atoms with van der Waals surface area (Å²) in [7, 11) is 0. The summed E-state index contributed by atoms with van der Waals surface area (Å²) in [5.41, 5.74) is 25.8. The van der Waals surface area contributed by atoms with Gasteiger partial charge in [0, 0.05) is 56.9 Å². The van der Waals surface area contributed by atoms with E-state index >= 15 is 0 Å². The lowest BCUT2D eigenvalue weighted by Gasteiger charge is -2.43. The maximum absolute atomic E-state index is 7.26. The lowest BCUT2D eigenvalue weighted by Crippen LogP contribution is -2.60. The Hall–Kier alpha value is -7.76. The predicted molar refractivity (Wildman–Crippen MR) is 288 cm³/mol. The van der Waals surface area contributed by atoms with Crippen LogP contribution in [0.25, 0.3) is 11.1 Å². The van der Waals surface area contributed by atoms with Crippen molar-refractivity contribution in [1.82, 2.24) is 0 Å².